The zero-order chi connectivity index (χ0) is 20.6. The number of amides is 1. The molecule has 3 aromatic rings. The minimum absolute atomic E-state index is 0.246. The van der Waals surface area contributed by atoms with E-state index in [0.29, 0.717) is 19.5 Å². The van der Waals surface area contributed by atoms with Crippen molar-refractivity contribution in [1.82, 2.24) is 9.47 Å². The number of nitrogens with zero attached hydrogens (tertiary/aromatic N) is 2. The van der Waals surface area contributed by atoms with Gasteiger partial charge in [0.05, 0.1) is 6.54 Å². The molecule has 3 rings (SSSR count). The fraction of sp³-hybridized carbons (Fsp3) is 0.240. The van der Waals surface area contributed by atoms with Gasteiger partial charge in [0.1, 0.15) is 6.61 Å². The maximum atomic E-state index is 12.7. The van der Waals surface area contributed by atoms with Crippen LogP contribution in [-0.4, -0.2) is 28.6 Å². The Balaban J connectivity index is 1.72. The number of aryl methyl sites for hydroxylation is 1. The fourth-order valence-corrected chi connectivity index (χ4v) is 3.30. The molecule has 0 spiro atoms. The molecule has 0 aliphatic carbocycles. The van der Waals surface area contributed by atoms with Crippen molar-refractivity contribution in [2.45, 2.75) is 20.0 Å². The van der Waals surface area contributed by atoms with Crippen LogP contribution in [0.1, 0.15) is 24.6 Å². The van der Waals surface area contributed by atoms with Gasteiger partial charge in [-0.2, -0.15) is 0 Å². The second-order valence-electron chi connectivity index (χ2n) is 6.89. The lowest BCUT2D eigenvalue weighted by atomic mass is 10.2. The Kier molecular flexibility index (Phi) is 6.76. The molecule has 4 heteroatoms. The summed E-state index contributed by atoms with van der Waals surface area (Å²) in [6.07, 6.45) is 0.242. The Labute approximate surface area is 172 Å². The van der Waals surface area contributed by atoms with Crippen molar-refractivity contribution >= 4 is 22.6 Å². The summed E-state index contributed by atoms with van der Waals surface area (Å²) in [5, 5.41) is 1.15. The van der Waals surface area contributed by atoms with Gasteiger partial charge >= 0.3 is 6.09 Å². The van der Waals surface area contributed by atoms with Crippen LogP contribution in [0.2, 0.25) is 0 Å². The van der Waals surface area contributed by atoms with E-state index < -0.39 is 0 Å². The smallest absolute Gasteiger partial charge is 0.410 e. The molecule has 1 amide bonds. The van der Waals surface area contributed by atoms with Gasteiger partial charge in [-0.25, -0.2) is 4.79 Å². The molecule has 1 heterocycles. The fourth-order valence-electron chi connectivity index (χ4n) is 3.30. The van der Waals surface area contributed by atoms with Gasteiger partial charge in [-0.1, -0.05) is 55.1 Å². The Morgan fingerprint density at radius 2 is 1.86 bits per heavy atom. The highest BCUT2D eigenvalue weighted by Gasteiger charge is 2.18. The van der Waals surface area contributed by atoms with Gasteiger partial charge in [-0.15, -0.1) is 11.8 Å². The van der Waals surface area contributed by atoms with Gasteiger partial charge in [0.25, 0.3) is 0 Å². The van der Waals surface area contributed by atoms with Crippen molar-refractivity contribution in [2.75, 3.05) is 13.1 Å². The molecule has 0 radical (unpaired) electrons. The molecule has 0 fully saturated rings. The van der Waals surface area contributed by atoms with Gasteiger partial charge in [0.2, 0.25) is 0 Å². The van der Waals surface area contributed by atoms with E-state index in [9.17, 15) is 4.79 Å². The van der Waals surface area contributed by atoms with Crippen molar-refractivity contribution in [1.29, 1.82) is 0 Å². The number of rotatable bonds is 7. The van der Waals surface area contributed by atoms with Crippen molar-refractivity contribution in [3.8, 4) is 11.8 Å². The first kappa shape index (κ1) is 20.3. The molecule has 148 valence electrons. The standard InChI is InChI=1S/C25H26N2O2/c1-4-5-11-16-27(25(28)29-19-21-12-7-6-8-13-21)18-20(2)24-17-22-14-9-10-15-23(22)26(24)3/h6-10,12-15,17H,2,11,16,18-19H2,1,3H3. The number of benzene rings is 2. The van der Waals surface area contributed by atoms with Crippen LogP contribution in [0.15, 0.2) is 67.2 Å². The third-order valence-corrected chi connectivity index (χ3v) is 4.84. The van der Waals surface area contributed by atoms with Gasteiger partial charge < -0.3 is 14.2 Å². The van der Waals surface area contributed by atoms with Crippen molar-refractivity contribution in [3.05, 3.63) is 78.5 Å². The number of hydrogen-bond donors (Lipinski definition) is 0. The summed E-state index contributed by atoms with van der Waals surface area (Å²) in [5.74, 6) is 5.90. The van der Waals surface area contributed by atoms with Gasteiger partial charge in [0, 0.05) is 36.6 Å². The monoisotopic (exact) mass is 386 g/mol. The molecule has 4 nitrogen and oxygen atoms in total. The molecule has 29 heavy (non-hydrogen) atoms. The second-order valence-corrected chi connectivity index (χ2v) is 6.89. The molecule has 0 saturated carbocycles. The lowest BCUT2D eigenvalue weighted by Gasteiger charge is -2.23. The summed E-state index contributed by atoms with van der Waals surface area (Å²) in [6.45, 7) is 7.18. The number of ether oxygens (including phenoxy) is 1. The molecular formula is C25H26N2O2. The molecule has 0 bridgehead atoms. The van der Waals surface area contributed by atoms with Gasteiger partial charge in [-0.05, 0) is 30.2 Å². The summed E-state index contributed by atoms with van der Waals surface area (Å²) < 4.78 is 7.65. The van der Waals surface area contributed by atoms with Gasteiger partial charge in [-0.3, -0.25) is 0 Å². The summed E-state index contributed by atoms with van der Waals surface area (Å²) in [7, 11) is 2.02. The first-order valence-electron chi connectivity index (χ1n) is 9.68. The van der Waals surface area contributed by atoms with E-state index in [1.54, 1.807) is 11.8 Å². The van der Waals surface area contributed by atoms with E-state index >= 15 is 0 Å². The summed E-state index contributed by atoms with van der Waals surface area (Å²) in [4.78, 5) is 14.4. The van der Waals surface area contributed by atoms with Crippen LogP contribution in [0, 0.1) is 11.8 Å². The Hall–Kier alpha value is -3.45. The van der Waals surface area contributed by atoms with E-state index in [1.807, 2.05) is 49.5 Å². The Morgan fingerprint density at radius 1 is 1.14 bits per heavy atom. The zero-order valence-electron chi connectivity index (χ0n) is 17.0. The molecule has 0 atom stereocenters. The first-order chi connectivity index (χ1) is 14.1. The van der Waals surface area contributed by atoms with E-state index in [4.69, 9.17) is 4.74 Å². The third kappa shape index (κ3) is 5.08. The highest BCUT2D eigenvalue weighted by Crippen LogP contribution is 2.24. The van der Waals surface area contributed by atoms with Crippen LogP contribution in [0.3, 0.4) is 0 Å². The molecule has 0 aliphatic rings. The van der Waals surface area contributed by atoms with E-state index in [0.717, 1.165) is 27.7 Å². The number of fused-ring (bicyclic) bond motifs is 1. The molecule has 0 N–H and O–H groups in total. The van der Waals surface area contributed by atoms with E-state index in [2.05, 4.69) is 41.2 Å². The number of aromatic nitrogens is 1. The van der Waals surface area contributed by atoms with E-state index in [-0.39, 0.29) is 12.7 Å². The molecule has 1 aromatic heterocycles. The second kappa shape index (κ2) is 9.66. The Bertz CT molecular complexity index is 1050. The van der Waals surface area contributed by atoms with Gasteiger partial charge in [0.15, 0.2) is 0 Å². The van der Waals surface area contributed by atoms with Crippen LogP contribution in [0.4, 0.5) is 4.79 Å². The minimum Gasteiger partial charge on any atom is -0.445 e. The summed E-state index contributed by atoms with van der Waals surface area (Å²) in [6, 6.07) is 20.0. The Morgan fingerprint density at radius 3 is 2.59 bits per heavy atom. The number of hydrogen-bond acceptors (Lipinski definition) is 2. The number of carbonyl (C=O) groups is 1. The maximum Gasteiger partial charge on any atom is 0.410 e. The molecule has 2 aromatic carbocycles. The normalized spacial score (nSPS) is 10.3. The maximum absolute atomic E-state index is 12.7. The zero-order valence-corrected chi connectivity index (χ0v) is 17.0. The number of carbonyl (C=O) groups excluding carboxylic acids is 1. The van der Waals surface area contributed by atoms with Crippen LogP contribution in [0.5, 0.6) is 0 Å². The summed E-state index contributed by atoms with van der Waals surface area (Å²) >= 11 is 0. The van der Waals surface area contributed by atoms with Crippen LogP contribution < -0.4 is 0 Å². The first-order valence-corrected chi connectivity index (χ1v) is 9.68. The average molecular weight is 386 g/mol. The van der Waals surface area contributed by atoms with Crippen molar-refractivity contribution in [3.63, 3.8) is 0 Å². The summed E-state index contributed by atoms with van der Waals surface area (Å²) in [5.41, 5.74) is 3.97. The molecule has 0 unspecified atom stereocenters. The van der Waals surface area contributed by atoms with Crippen LogP contribution in [-0.2, 0) is 18.4 Å². The largest absolute Gasteiger partial charge is 0.445 e. The lowest BCUT2D eigenvalue weighted by Crippen LogP contribution is -2.34. The van der Waals surface area contributed by atoms with Crippen molar-refractivity contribution in [2.24, 2.45) is 7.05 Å². The predicted octanol–water partition coefficient (Wildman–Crippen LogP) is 5.24. The van der Waals surface area contributed by atoms with E-state index in [1.165, 1.54) is 0 Å². The minimum atomic E-state index is -0.355. The predicted molar refractivity (Wildman–Crippen MR) is 118 cm³/mol. The topological polar surface area (TPSA) is 34.5 Å². The highest BCUT2D eigenvalue weighted by atomic mass is 16.6. The molecular weight excluding hydrogens is 360 g/mol. The van der Waals surface area contributed by atoms with Crippen molar-refractivity contribution < 1.29 is 9.53 Å². The number of para-hydroxylation sites is 1. The van der Waals surface area contributed by atoms with Crippen LogP contribution in [0.25, 0.3) is 16.5 Å². The molecule has 0 saturated heterocycles. The SMILES string of the molecule is C=C(CN(CCC#CC)C(=O)OCc1ccccc1)c1cc2ccccc2n1C. The quantitative estimate of drug-likeness (QED) is 0.520. The molecule has 0 aliphatic heterocycles. The third-order valence-electron chi connectivity index (χ3n) is 4.84. The lowest BCUT2D eigenvalue weighted by molar-refractivity contribution is 0.101. The average Bonchev–Trinajstić information content (AvgIpc) is 3.09. The van der Waals surface area contributed by atoms with Crippen LogP contribution >= 0.6 is 0 Å². The highest BCUT2D eigenvalue weighted by molar-refractivity contribution is 5.86.